The Morgan fingerprint density at radius 3 is 2.95 bits per heavy atom. The van der Waals surface area contributed by atoms with E-state index in [9.17, 15) is 0 Å². The van der Waals surface area contributed by atoms with Gasteiger partial charge in [0, 0.05) is 37.6 Å². The molecule has 1 aliphatic heterocycles. The van der Waals surface area contributed by atoms with Gasteiger partial charge in [-0.2, -0.15) is 0 Å². The first kappa shape index (κ1) is 13.8. The van der Waals surface area contributed by atoms with Crippen LogP contribution in [0.1, 0.15) is 39.3 Å². The number of pyridine rings is 1. The SMILES string of the molecule is CC1CN(c2ccnc(CNC3CC3)c2)CC(C)(C)O1. The molecular formula is C16H25N3O. The maximum Gasteiger partial charge on any atom is 0.0805 e. The van der Waals surface area contributed by atoms with Gasteiger partial charge in [-0.1, -0.05) is 0 Å². The van der Waals surface area contributed by atoms with Crippen molar-refractivity contribution in [3.8, 4) is 0 Å². The molecule has 1 N–H and O–H groups in total. The number of hydrogen-bond acceptors (Lipinski definition) is 4. The van der Waals surface area contributed by atoms with E-state index >= 15 is 0 Å². The largest absolute Gasteiger partial charge is 0.369 e. The lowest BCUT2D eigenvalue weighted by molar-refractivity contribution is -0.0749. The molecule has 2 heterocycles. The van der Waals surface area contributed by atoms with Crippen LogP contribution in [0, 0.1) is 0 Å². The molecule has 1 aliphatic carbocycles. The highest BCUT2D eigenvalue weighted by molar-refractivity contribution is 5.47. The minimum atomic E-state index is -0.0899. The number of hydrogen-bond donors (Lipinski definition) is 1. The molecule has 110 valence electrons. The van der Waals surface area contributed by atoms with Gasteiger partial charge in [0.05, 0.1) is 17.4 Å². The maximum absolute atomic E-state index is 5.97. The molecule has 2 aliphatic rings. The van der Waals surface area contributed by atoms with E-state index in [1.807, 2.05) is 6.20 Å². The number of nitrogens with zero attached hydrogens (tertiary/aromatic N) is 2. The van der Waals surface area contributed by atoms with Crippen LogP contribution in [0.2, 0.25) is 0 Å². The number of nitrogens with one attached hydrogen (secondary N) is 1. The number of anilines is 1. The number of ether oxygens (including phenoxy) is 1. The van der Waals surface area contributed by atoms with E-state index in [-0.39, 0.29) is 11.7 Å². The van der Waals surface area contributed by atoms with Gasteiger partial charge in [0.1, 0.15) is 0 Å². The molecule has 1 saturated carbocycles. The highest BCUT2D eigenvalue weighted by Crippen LogP contribution is 2.26. The van der Waals surface area contributed by atoms with Crippen LogP contribution in [0.3, 0.4) is 0 Å². The maximum atomic E-state index is 5.97. The van der Waals surface area contributed by atoms with Crippen molar-refractivity contribution in [1.82, 2.24) is 10.3 Å². The lowest BCUT2D eigenvalue weighted by atomic mass is 10.0. The van der Waals surface area contributed by atoms with Gasteiger partial charge in [-0.05, 0) is 45.7 Å². The van der Waals surface area contributed by atoms with Gasteiger partial charge < -0.3 is 15.0 Å². The molecule has 1 aromatic rings. The van der Waals surface area contributed by atoms with E-state index in [4.69, 9.17) is 4.74 Å². The fourth-order valence-electron chi connectivity index (χ4n) is 2.95. The van der Waals surface area contributed by atoms with Crippen molar-refractivity contribution < 1.29 is 4.74 Å². The lowest BCUT2D eigenvalue weighted by Crippen LogP contribution is -2.52. The molecular weight excluding hydrogens is 250 g/mol. The molecule has 1 saturated heterocycles. The quantitative estimate of drug-likeness (QED) is 0.915. The Bertz CT molecular complexity index is 471. The van der Waals surface area contributed by atoms with Crippen molar-refractivity contribution in [2.45, 2.75) is 57.9 Å². The third kappa shape index (κ3) is 3.49. The normalized spacial score (nSPS) is 25.8. The number of aromatic nitrogens is 1. The second-order valence-electron chi connectivity index (χ2n) is 6.73. The fourth-order valence-corrected chi connectivity index (χ4v) is 2.95. The van der Waals surface area contributed by atoms with E-state index in [2.05, 4.69) is 48.1 Å². The third-order valence-corrected chi connectivity index (χ3v) is 3.88. The molecule has 4 heteroatoms. The van der Waals surface area contributed by atoms with Crippen molar-refractivity contribution in [1.29, 1.82) is 0 Å². The minimum absolute atomic E-state index is 0.0899. The topological polar surface area (TPSA) is 37.4 Å². The molecule has 1 aromatic heterocycles. The van der Waals surface area contributed by atoms with E-state index in [0.717, 1.165) is 31.4 Å². The lowest BCUT2D eigenvalue weighted by Gasteiger charge is -2.43. The van der Waals surface area contributed by atoms with Gasteiger partial charge in [-0.15, -0.1) is 0 Å². The summed E-state index contributed by atoms with van der Waals surface area (Å²) < 4.78 is 5.97. The molecule has 1 unspecified atom stereocenters. The molecule has 0 spiro atoms. The van der Waals surface area contributed by atoms with Crippen molar-refractivity contribution in [2.24, 2.45) is 0 Å². The van der Waals surface area contributed by atoms with Gasteiger partial charge in [0.2, 0.25) is 0 Å². The zero-order valence-corrected chi connectivity index (χ0v) is 12.7. The van der Waals surface area contributed by atoms with E-state index in [1.165, 1.54) is 18.5 Å². The number of rotatable bonds is 4. The summed E-state index contributed by atoms with van der Waals surface area (Å²) in [6, 6.07) is 5.04. The van der Waals surface area contributed by atoms with Crippen molar-refractivity contribution >= 4 is 5.69 Å². The Labute approximate surface area is 121 Å². The Morgan fingerprint density at radius 1 is 1.45 bits per heavy atom. The third-order valence-electron chi connectivity index (χ3n) is 3.88. The molecule has 0 amide bonds. The Balaban J connectivity index is 1.70. The average molecular weight is 275 g/mol. The Morgan fingerprint density at radius 2 is 2.25 bits per heavy atom. The molecule has 0 bridgehead atoms. The Kier molecular flexibility index (Phi) is 3.69. The van der Waals surface area contributed by atoms with Crippen molar-refractivity contribution in [3.63, 3.8) is 0 Å². The first-order valence-electron chi connectivity index (χ1n) is 7.63. The molecule has 20 heavy (non-hydrogen) atoms. The fraction of sp³-hybridized carbons (Fsp3) is 0.688. The van der Waals surface area contributed by atoms with Crippen LogP contribution in [-0.2, 0) is 11.3 Å². The monoisotopic (exact) mass is 275 g/mol. The van der Waals surface area contributed by atoms with Crippen LogP contribution in [0.5, 0.6) is 0 Å². The molecule has 3 rings (SSSR count). The Hall–Kier alpha value is -1.13. The number of morpholine rings is 1. The van der Waals surface area contributed by atoms with E-state index < -0.39 is 0 Å². The standard InChI is InChI=1S/C16H25N3O/c1-12-10-19(11-16(2,3)20-12)15-6-7-17-14(8-15)9-18-13-4-5-13/h6-8,12-13,18H,4-5,9-11H2,1-3H3. The first-order valence-corrected chi connectivity index (χ1v) is 7.63. The van der Waals surface area contributed by atoms with Crippen LogP contribution in [0.4, 0.5) is 5.69 Å². The van der Waals surface area contributed by atoms with Crippen molar-refractivity contribution in [2.75, 3.05) is 18.0 Å². The van der Waals surface area contributed by atoms with Gasteiger partial charge in [0.15, 0.2) is 0 Å². The molecule has 4 nitrogen and oxygen atoms in total. The predicted molar refractivity (Wildman–Crippen MR) is 80.9 cm³/mol. The van der Waals surface area contributed by atoms with Gasteiger partial charge in [-0.3, -0.25) is 4.98 Å². The van der Waals surface area contributed by atoms with Crippen LogP contribution in [0.15, 0.2) is 18.3 Å². The minimum Gasteiger partial charge on any atom is -0.369 e. The summed E-state index contributed by atoms with van der Waals surface area (Å²) in [5.74, 6) is 0. The van der Waals surface area contributed by atoms with E-state index in [0.29, 0.717) is 0 Å². The molecule has 1 atom stereocenters. The highest BCUT2D eigenvalue weighted by atomic mass is 16.5. The van der Waals surface area contributed by atoms with Crippen LogP contribution < -0.4 is 10.2 Å². The average Bonchev–Trinajstić information content (AvgIpc) is 3.18. The summed E-state index contributed by atoms with van der Waals surface area (Å²) in [5.41, 5.74) is 2.30. The van der Waals surface area contributed by atoms with Crippen LogP contribution in [0.25, 0.3) is 0 Å². The van der Waals surface area contributed by atoms with Crippen LogP contribution >= 0.6 is 0 Å². The molecule has 0 aromatic carbocycles. The first-order chi connectivity index (χ1) is 9.52. The van der Waals surface area contributed by atoms with Crippen LogP contribution in [-0.4, -0.2) is 35.8 Å². The summed E-state index contributed by atoms with van der Waals surface area (Å²) in [6.07, 6.45) is 4.82. The van der Waals surface area contributed by atoms with Gasteiger partial charge in [-0.25, -0.2) is 0 Å². The van der Waals surface area contributed by atoms with Gasteiger partial charge in [0.25, 0.3) is 0 Å². The summed E-state index contributed by atoms with van der Waals surface area (Å²) in [6.45, 7) is 9.21. The predicted octanol–water partition coefficient (Wildman–Crippen LogP) is 2.34. The second kappa shape index (κ2) is 5.34. The molecule has 0 radical (unpaired) electrons. The van der Waals surface area contributed by atoms with Gasteiger partial charge >= 0.3 is 0 Å². The highest BCUT2D eigenvalue weighted by Gasteiger charge is 2.31. The smallest absolute Gasteiger partial charge is 0.0805 e. The summed E-state index contributed by atoms with van der Waals surface area (Å²) >= 11 is 0. The zero-order valence-electron chi connectivity index (χ0n) is 12.7. The van der Waals surface area contributed by atoms with Crippen molar-refractivity contribution in [3.05, 3.63) is 24.0 Å². The summed E-state index contributed by atoms with van der Waals surface area (Å²) in [4.78, 5) is 6.88. The summed E-state index contributed by atoms with van der Waals surface area (Å²) in [5, 5.41) is 3.52. The summed E-state index contributed by atoms with van der Waals surface area (Å²) in [7, 11) is 0. The molecule has 2 fully saturated rings. The van der Waals surface area contributed by atoms with E-state index in [1.54, 1.807) is 0 Å². The zero-order chi connectivity index (χ0) is 14.2. The second-order valence-corrected chi connectivity index (χ2v) is 6.73.